The quantitative estimate of drug-likeness (QED) is 0.551. The van der Waals surface area contributed by atoms with E-state index in [4.69, 9.17) is 14.6 Å². The van der Waals surface area contributed by atoms with Crippen molar-refractivity contribution in [1.82, 2.24) is 4.98 Å². The SMILES string of the molecule is COc1ccc(S(N)(=O)=O)cc1C(=O)OCc1csc(-c2ccc(C(C)C)cc2)n1. The lowest BCUT2D eigenvalue weighted by molar-refractivity contribution is 0.0464. The Balaban J connectivity index is 1.73. The first-order valence-corrected chi connectivity index (χ1v) is 11.5. The number of nitrogens with zero attached hydrogens (tertiary/aromatic N) is 1. The highest BCUT2D eigenvalue weighted by atomic mass is 32.2. The van der Waals surface area contributed by atoms with Crippen LogP contribution >= 0.6 is 11.3 Å². The third kappa shape index (κ3) is 5.05. The van der Waals surface area contributed by atoms with Gasteiger partial charge in [-0.05, 0) is 29.7 Å². The Morgan fingerprint density at radius 2 is 1.87 bits per heavy atom. The molecule has 0 aliphatic carbocycles. The molecule has 2 N–H and O–H groups in total. The molecule has 0 radical (unpaired) electrons. The van der Waals surface area contributed by atoms with E-state index >= 15 is 0 Å². The summed E-state index contributed by atoms with van der Waals surface area (Å²) in [7, 11) is -2.59. The third-order valence-corrected chi connectivity index (χ3v) is 6.30. The molecule has 3 aromatic rings. The zero-order valence-electron chi connectivity index (χ0n) is 16.8. The highest BCUT2D eigenvalue weighted by molar-refractivity contribution is 7.89. The van der Waals surface area contributed by atoms with E-state index in [0.717, 1.165) is 16.6 Å². The van der Waals surface area contributed by atoms with Gasteiger partial charge < -0.3 is 9.47 Å². The number of hydrogen-bond donors (Lipinski definition) is 1. The molecular formula is C21H22N2O5S2. The van der Waals surface area contributed by atoms with Gasteiger partial charge in [-0.3, -0.25) is 0 Å². The smallest absolute Gasteiger partial charge is 0.342 e. The maximum absolute atomic E-state index is 12.5. The molecule has 0 saturated carbocycles. The molecule has 3 rings (SSSR count). The fourth-order valence-corrected chi connectivity index (χ4v) is 4.11. The van der Waals surface area contributed by atoms with Crippen LogP contribution in [0.4, 0.5) is 0 Å². The van der Waals surface area contributed by atoms with Crippen LogP contribution in [0.15, 0.2) is 52.7 Å². The van der Waals surface area contributed by atoms with Crippen LogP contribution in [0.3, 0.4) is 0 Å². The van der Waals surface area contributed by atoms with E-state index < -0.39 is 16.0 Å². The lowest BCUT2D eigenvalue weighted by atomic mass is 10.0. The standard InChI is InChI=1S/C21H22N2O5S2/c1-13(2)14-4-6-15(7-5-14)20-23-16(12-29-20)11-28-21(24)18-10-17(30(22,25)26)8-9-19(18)27-3/h4-10,12-13H,11H2,1-3H3,(H2,22,25,26). The van der Waals surface area contributed by atoms with Gasteiger partial charge in [0.15, 0.2) is 0 Å². The van der Waals surface area contributed by atoms with Crippen molar-refractivity contribution in [2.75, 3.05) is 7.11 Å². The highest BCUT2D eigenvalue weighted by Gasteiger charge is 2.19. The first-order chi connectivity index (χ1) is 14.2. The van der Waals surface area contributed by atoms with Gasteiger partial charge in [0.2, 0.25) is 10.0 Å². The summed E-state index contributed by atoms with van der Waals surface area (Å²) in [5, 5.41) is 7.78. The van der Waals surface area contributed by atoms with E-state index in [1.54, 1.807) is 0 Å². The van der Waals surface area contributed by atoms with Crippen molar-refractivity contribution in [2.24, 2.45) is 5.14 Å². The number of nitrogens with two attached hydrogens (primary N) is 1. The van der Waals surface area contributed by atoms with Crippen LogP contribution in [0, 0.1) is 0 Å². The van der Waals surface area contributed by atoms with Crippen molar-refractivity contribution in [3.8, 4) is 16.3 Å². The minimum atomic E-state index is -3.96. The molecule has 0 fully saturated rings. The summed E-state index contributed by atoms with van der Waals surface area (Å²) >= 11 is 1.45. The van der Waals surface area contributed by atoms with E-state index in [1.165, 1.54) is 36.1 Å². The summed E-state index contributed by atoms with van der Waals surface area (Å²) in [5.74, 6) is -0.0835. The monoisotopic (exact) mass is 446 g/mol. The molecule has 0 aliphatic rings. The molecule has 0 bridgehead atoms. The highest BCUT2D eigenvalue weighted by Crippen LogP contribution is 2.27. The molecule has 30 heavy (non-hydrogen) atoms. The van der Waals surface area contributed by atoms with E-state index in [0.29, 0.717) is 11.6 Å². The topological polar surface area (TPSA) is 109 Å². The maximum Gasteiger partial charge on any atom is 0.342 e. The number of methoxy groups -OCH3 is 1. The molecule has 0 saturated heterocycles. The number of esters is 1. The molecule has 0 spiro atoms. The van der Waals surface area contributed by atoms with Gasteiger partial charge in [0, 0.05) is 10.9 Å². The summed E-state index contributed by atoms with van der Waals surface area (Å²) in [5.41, 5.74) is 2.81. The second-order valence-electron chi connectivity index (χ2n) is 6.90. The second-order valence-corrected chi connectivity index (χ2v) is 9.32. The first kappa shape index (κ1) is 21.9. The predicted molar refractivity (Wildman–Crippen MR) is 115 cm³/mol. The molecule has 9 heteroatoms. The van der Waals surface area contributed by atoms with E-state index in [1.807, 2.05) is 17.5 Å². The molecule has 0 unspecified atom stereocenters. The Hall–Kier alpha value is -2.75. The first-order valence-electron chi connectivity index (χ1n) is 9.11. The third-order valence-electron chi connectivity index (χ3n) is 4.45. The Kier molecular flexibility index (Phi) is 6.55. The largest absolute Gasteiger partial charge is 0.496 e. The predicted octanol–water partition coefficient (Wildman–Crippen LogP) is 3.95. The average molecular weight is 447 g/mol. The van der Waals surface area contributed by atoms with Gasteiger partial charge in [0.05, 0.1) is 17.7 Å². The Labute approximate surface area is 179 Å². The number of thiazole rings is 1. The zero-order chi connectivity index (χ0) is 21.9. The number of primary sulfonamides is 1. The fraction of sp³-hybridized carbons (Fsp3) is 0.238. The number of rotatable bonds is 7. The molecule has 1 heterocycles. The summed E-state index contributed by atoms with van der Waals surface area (Å²) in [4.78, 5) is 16.8. The molecule has 0 aliphatic heterocycles. The number of carbonyl (C=O) groups excluding carboxylic acids is 1. The summed E-state index contributed by atoms with van der Waals surface area (Å²) < 4.78 is 33.6. The van der Waals surface area contributed by atoms with Crippen molar-refractivity contribution in [2.45, 2.75) is 31.3 Å². The number of sulfonamides is 1. The molecule has 0 amide bonds. The molecule has 158 valence electrons. The van der Waals surface area contributed by atoms with Crippen molar-refractivity contribution >= 4 is 27.3 Å². The summed E-state index contributed by atoms with van der Waals surface area (Å²) in [6, 6.07) is 12.0. The number of hydrogen-bond acceptors (Lipinski definition) is 7. The molecule has 2 aromatic carbocycles. The van der Waals surface area contributed by atoms with E-state index in [9.17, 15) is 13.2 Å². The Morgan fingerprint density at radius 1 is 1.17 bits per heavy atom. The maximum atomic E-state index is 12.5. The molecular weight excluding hydrogens is 424 g/mol. The van der Waals surface area contributed by atoms with Crippen LogP contribution in [0.5, 0.6) is 5.75 Å². The lowest BCUT2D eigenvalue weighted by Gasteiger charge is -2.09. The number of carbonyl (C=O) groups is 1. The van der Waals surface area contributed by atoms with Crippen LogP contribution in [0.1, 0.15) is 41.4 Å². The zero-order valence-corrected chi connectivity index (χ0v) is 18.4. The van der Waals surface area contributed by atoms with Crippen molar-refractivity contribution in [3.05, 3.63) is 64.7 Å². The van der Waals surface area contributed by atoms with Crippen LogP contribution in [0.25, 0.3) is 10.6 Å². The normalized spacial score (nSPS) is 11.5. The number of aromatic nitrogens is 1. The molecule has 1 aromatic heterocycles. The minimum Gasteiger partial charge on any atom is -0.496 e. The van der Waals surface area contributed by atoms with Crippen LogP contribution in [-0.2, 0) is 21.4 Å². The lowest BCUT2D eigenvalue weighted by Crippen LogP contribution is -2.14. The molecule has 7 nitrogen and oxygen atoms in total. The van der Waals surface area contributed by atoms with Crippen LogP contribution in [-0.4, -0.2) is 26.5 Å². The van der Waals surface area contributed by atoms with E-state index in [2.05, 4.69) is 31.0 Å². The Morgan fingerprint density at radius 3 is 2.47 bits per heavy atom. The van der Waals surface area contributed by atoms with Gasteiger partial charge >= 0.3 is 5.97 Å². The van der Waals surface area contributed by atoms with Crippen molar-refractivity contribution in [1.29, 1.82) is 0 Å². The van der Waals surface area contributed by atoms with Gasteiger partial charge in [-0.25, -0.2) is 23.3 Å². The summed E-state index contributed by atoms with van der Waals surface area (Å²) in [6.45, 7) is 4.22. The minimum absolute atomic E-state index is 0.0243. The van der Waals surface area contributed by atoms with Gasteiger partial charge in [-0.15, -0.1) is 11.3 Å². The van der Waals surface area contributed by atoms with Crippen LogP contribution < -0.4 is 9.88 Å². The van der Waals surface area contributed by atoms with Crippen molar-refractivity contribution in [3.63, 3.8) is 0 Å². The van der Waals surface area contributed by atoms with E-state index in [-0.39, 0.29) is 22.8 Å². The average Bonchev–Trinajstić information content (AvgIpc) is 3.20. The molecule has 0 atom stereocenters. The van der Waals surface area contributed by atoms with Gasteiger partial charge in [0.1, 0.15) is 22.9 Å². The van der Waals surface area contributed by atoms with Gasteiger partial charge in [-0.2, -0.15) is 0 Å². The fourth-order valence-electron chi connectivity index (χ4n) is 2.76. The number of ether oxygens (including phenoxy) is 2. The van der Waals surface area contributed by atoms with Gasteiger partial charge in [-0.1, -0.05) is 38.1 Å². The number of benzene rings is 2. The van der Waals surface area contributed by atoms with Gasteiger partial charge in [0.25, 0.3) is 0 Å². The second kappa shape index (κ2) is 8.95. The van der Waals surface area contributed by atoms with Crippen molar-refractivity contribution < 1.29 is 22.7 Å². The Bertz CT molecular complexity index is 1150. The summed E-state index contributed by atoms with van der Waals surface area (Å²) in [6.07, 6.45) is 0. The van der Waals surface area contributed by atoms with Crippen LogP contribution in [0.2, 0.25) is 0 Å².